The maximum Gasteiger partial charge on any atom is 0.101 e. The van der Waals surface area contributed by atoms with Crippen molar-refractivity contribution in [1.82, 2.24) is 4.31 Å². The van der Waals surface area contributed by atoms with Crippen molar-refractivity contribution in [2.24, 2.45) is 0 Å². The van der Waals surface area contributed by atoms with Gasteiger partial charge in [-0.05, 0) is 26.3 Å². The van der Waals surface area contributed by atoms with Gasteiger partial charge in [-0.1, -0.05) is 73.9 Å². The number of nitrogens with zero attached hydrogens (tertiary/aromatic N) is 1. The van der Waals surface area contributed by atoms with E-state index in [2.05, 4.69) is 60.0 Å². The van der Waals surface area contributed by atoms with Crippen LogP contribution in [0.25, 0.3) is 6.08 Å². The summed E-state index contributed by atoms with van der Waals surface area (Å²) in [4.78, 5) is 0. The van der Waals surface area contributed by atoms with Crippen molar-refractivity contribution < 1.29 is 4.21 Å². The molecule has 4 heteroatoms. The van der Waals surface area contributed by atoms with E-state index in [1.165, 1.54) is 5.56 Å². The lowest BCUT2D eigenvalue weighted by atomic mass is 10.2. The Bertz CT molecular complexity index is 610. The van der Waals surface area contributed by atoms with Crippen molar-refractivity contribution in [3.05, 3.63) is 53.7 Å². The maximum absolute atomic E-state index is 12.8. The molecule has 0 N–H and O–H groups in total. The summed E-state index contributed by atoms with van der Waals surface area (Å²) in [6.45, 7) is 13.1. The Morgan fingerprint density at radius 2 is 1.61 bits per heavy atom. The van der Waals surface area contributed by atoms with E-state index in [4.69, 9.17) is 0 Å². The molecule has 0 amide bonds. The van der Waals surface area contributed by atoms with Gasteiger partial charge in [-0.3, -0.25) is 0 Å². The number of benzene rings is 1. The summed E-state index contributed by atoms with van der Waals surface area (Å²) in [5, 5.41) is 0. The lowest BCUT2D eigenvalue weighted by molar-refractivity contribution is 0.608. The third-order valence-electron chi connectivity index (χ3n) is 3.64. The van der Waals surface area contributed by atoms with Crippen LogP contribution in [0.3, 0.4) is 0 Å². The third-order valence-corrected chi connectivity index (χ3v) is 6.75. The predicted octanol–water partition coefficient (Wildman–Crippen LogP) is 4.65. The molecule has 4 unspecified atom stereocenters. The van der Waals surface area contributed by atoms with Gasteiger partial charge < -0.3 is 0 Å². The topological polar surface area (TPSA) is 20.1 Å². The zero-order valence-corrected chi connectivity index (χ0v) is 16.9. The number of hydrogen-bond donors (Lipinski definition) is 0. The fourth-order valence-electron chi connectivity index (χ4n) is 2.34. The van der Waals surface area contributed by atoms with E-state index in [1.54, 1.807) is 0 Å². The Morgan fingerprint density at radius 1 is 1.04 bits per heavy atom. The van der Waals surface area contributed by atoms with Gasteiger partial charge in [0, 0.05) is 0 Å². The Kier molecular flexibility index (Phi) is 5.49. The normalized spacial score (nSPS) is 26.8. The van der Waals surface area contributed by atoms with Gasteiger partial charge in [-0.15, -0.1) is 0 Å². The first-order valence-electron chi connectivity index (χ1n) is 8.22. The molecule has 1 fully saturated rings. The van der Waals surface area contributed by atoms with Crippen LogP contribution in [0, 0.1) is 0 Å². The van der Waals surface area contributed by atoms with Gasteiger partial charge in [0.15, 0.2) is 0 Å². The van der Waals surface area contributed by atoms with E-state index in [9.17, 15) is 4.21 Å². The molecule has 1 aromatic rings. The number of hydrogen-bond acceptors (Lipinski definition) is 1. The van der Waals surface area contributed by atoms with Crippen LogP contribution in [0.15, 0.2) is 48.2 Å². The van der Waals surface area contributed by atoms with Gasteiger partial charge in [0.05, 0.1) is 24.9 Å². The fourth-order valence-corrected chi connectivity index (χ4v) is 4.53. The molecule has 0 spiro atoms. The van der Waals surface area contributed by atoms with Crippen molar-refractivity contribution in [2.45, 2.75) is 57.2 Å². The highest BCUT2D eigenvalue weighted by Gasteiger charge is 2.50. The van der Waals surface area contributed by atoms with Crippen molar-refractivity contribution in [3.63, 3.8) is 0 Å². The van der Waals surface area contributed by atoms with E-state index in [0.29, 0.717) is 0 Å². The number of rotatable bonds is 5. The Balaban J connectivity index is 2.16. The minimum absolute atomic E-state index is 0.222. The summed E-state index contributed by atoms with van der Waals surface area (Å²) >= 11 is 0. The highest BCUT2D eigenvalue weighted by atomic mass is 32.2. The van der Waals surface area contributed by atoms with Gasteiger partial charge in [-0.2, -0.15) is 0 Å². The van der Waals surface area contributed by atoms with Gasteiger partial charge in [0.25, 0.3) is 0 Å². The van der Waals surface area contributed by atoms with Crippen LogP contribution in [-0.4, -0.2) is 33.4 Å². The summed E-state index contributed by atoms with van der Waals surface area (Å²) in [5.41, 5.74) is 3.55. The molecule has 1 aliphatic heterocycles. The van der Waals surface area contributed by atoms with Crippen LogP contribution < -0.4 is 0 Å². The molecule has 1 heterocycles. The first kappa shape index (κ1) is 18.4. The van der Waals surface area contributed by atoms with E-state index in [1.807, 2.05) is 39.0 Å². The summed E-state index contributed by atoms with van der Waals surface area (Å²) in [6.07, 6.45) is 6.61. The first-order chi connectivity index (χ1) is 10.6. The fraction of sp³-hybridized carbons (Fsp3) is 0.474. The molecule has 2 rings (SSSR count). The smallest absolute Gasteiger partial charge is 0.101 e. The van der Waals surface area contributed by atoms with Crippen LogP contribution >= 0.6 is 0 Å². The summed E-state index contributed by atoms with van der Waals surface area (Å²) in [5.74, 6) is 0. The SMILES string of the molecule is CC(C)(C)S(=O)N1C(/C=C/c2ccccc2)C1/C=C/[Si](C)(C)C. The lowest BCUT2D eigenvalue weighted by Gasteiger charge is -2.18. The predicted molar refractivity (Wildman–Crippen MR) is 105 cm³/mol. The van der Waals surface area contributed by atoms with Crippen LogP contribution in [0.5, 0.6) is 0 Å². The molecule has 0 bridgehead atoms. The molecule has 23 heavy (non-hydrogen) atoms. The monoisotopic (exact) mass is 347 g/mol. The maximum atomic E-state index is 12.8. The van der Waals surface area contributed by atoms with E-state index in [-0.39, 0.29) is 16.8 Å². The van der Waals surface area contributed by atoms with Gasteiger partial charge in [0.1, 0.15) is 11.0 Å². The molecule has 0 radical (unpaired) electrons. The van der Waals surface area contributed by atoms with Crippen LogP contribution in [0.2, 0.25) is 19.6 Å². The Labute approximate surface area is 144 Å². The molecular formula is C19H29NOSSi. The Morgan fingerprint density at radius 3 is 2.13 bits per heavy atom. The average molecular weight is 348 g/mol. The molecule has 126 valence electrons. The molecule has 1 aliphatic rings. The lowest BCUT2D eigenvalue weighted by Crippen LogP contribution is -2.28. The van der Waals surface area contributed by atoms with Crippen LogP contribution in [0.4, 0.5) is 0 Å². The second-order valence-electron chi connectivity index (χ2n) is 8.20. The van der Waals surface area contributed by atoms with Crippen molar-refractivity contribution >= 4 is 25.1 Å². The standard InChI is InChI=1S/C19H29NOSSi/c1-19(2,3)22(21)20-17(18(20)14-15-23(4,5)6)13-12-16-10-8-7-9-11-16/h7-15,17-18H,1-6H3/b13-12+,15-14+. The average Bonchev–Trinajstić information content (AvgIpc) is 3.14. The zero-order valence-electron chi connectivity index (χ0n) is 15.1. The third kappa shape index (κ3) is 5.26. The second kappa shape index (κ2) is 6.87. The molecule has 4 atom stereocenters. The van der Waals surface area contributed by atoms with Crippen molar-refractivity contribution in [2.75, 3.05) is 0 Å². The van der Waals surface area contributed by atoms with Crippen LogP contribution in [-0.2, 0) is 11.0 Å². The van der Waals surface area contributed by atoms with E-state index < -0.39 is 19.1 Å². The molecule has 0 aromatic heterocycles. The minimum Gasteiger partial charge on any atom is -0.242 e. The molecular weight excluding hydrogens is 318 g/mol. The quantitative estimate of drug-likeness (QED) is 0.561. The molecule has 2 nitrogen and oxygen atoms in total. The van der Waals surface area contributed by atoms with E-state index in [0.717, 1.165) is 0 Å². The molecule has 0 saturated carbocycles. The molecule has 1 saturated heterocycles. The highest BCUT2D eigenvalue weighted by molar-refractivity contribution is 7.84. The minimum atomic E-state index is -1.24. The molecule has 1 aromatic carbocycles. The van der Waals surface area contributed by atoms with Gasteiger partial charge in [0.2, 0.25) is 0 Å². The van der Waals surface area contributed by atoms with Crippen LogP contribution in [0.1, 0.15) is 26.3 Å². The van der Waals surface area contributed by atoms with E-state index >= 15 is 0 Å². The summed E-state index contributed by atoms with van der Waals surface area (Å²) < 4.78 is 14.7. The Hall–Kier alpha value is -0.973. The second-order valence-corrected chi connectivity index (χ2v) is 15.4. The summed E-state index contributed by atoms with van der Waals surface area (Å²) in [7, 11) is -2.21. The zero-order chi connectivity index (χ0) is 17.3. The van der Waals surface area contributed by atoms with Gasteiger partial charge in [-0.25, -0.2) is 8.51 Å². The first-order valence-corrected chi connectivity index (χ1v) is 12.9. The van der Waals surface area contributed by atoms with Crippen molar-refractivity contribution in [3.8, 4) is 0 Å². The van der Waals surface area contributed by atoms with Crippen molar-refractivity contribution in [1.29, 1.82) is 0 Å². The van der Waals surface area contributed by atoms with Gasteiger partial charge >= 0.3 is 0 Å². The highest BCUT2D eigenvalue weighted by Crippen LogP contribution is 2.37. The molecule has 0 aliphatic carbocycles. The largest absolute Gasteiger partial charge is 0.242 e. The summed E-state index contributed by atoms with van der Waals surface area (Å²) in [6, 6.07) is 10.8.